The van der Waals surface area contributed by atoms with Crippen molar-refractivity contribution >= 4 is 5.96 Å². The largest absolute Gasteiger partial charge is 0.454 e. The van der Waals surface area contributed by atoms with Crippen LogP contribution in [0.15, 0.2) is 23.2 Å². The van der Waals surface area contributed by atoms with Gasteiger partial charge in [0.15, 0.2) is 23.3 Å². The molecule has 0 aliphatic carbocycles. The zero-order valence-electron chi connectivity index (χ0n) is 17.6. The maximum Gasteiger partial charge on any atom is 0.231 e. The molecule has 0 bridgehead atoms. The Morgan fingerprint density at radius 3 is 2.90 bits per heavy atom. The Bertz CT molecular complexity index is 836. The highest BCUT2D eigenvalue weighted by Crippen LogP contribution is 2.32. The minimum Gasteiger partial charge on any atom is -0.454 e. The van der Waals surface area contributed by atoms with E-state index < -0.39 is 0 Å². The highest BCUT2D eigenvalue weighted by atomic mass is 16.7. The molecule has 3 rings (SSSR count). The molecule has 2 heterocycles. The number of aryl methyl sites for hydroxylation is 1. The number of guanidine groups is 1. The van der Waals surface area contributed by atoms with Crippen molar-refractivity contribution in [2.24, 2.45) is 12.0 Å². The second-order valence-corrected chi connectivity index (χ2v) is 6.88. The zero-order chi connectivity index (χ0) is 20.6. The average molecular weight is 402 g/mol. The summed E-state index contributed by atoms with van der Waals surface area (Å²) in [6.07, 6.45) is 0.911. The maximum absolute atomic E-state index is 5.49. The van der Waals surface area contributed by atoms with Gasteiger partial charge in [-0.3, -0.25) is 0 Å². The van der Waals surface area contributed by atoms with Gasteiger partial charge >= 0.3 is 0 Å². The first-order valence-electron chi connectivity index (χ1n) is 9.89. The normalized spacial score (nSPS) is 13.0. The van der Waals surface area contributed by atoms with Crippen molar-refractivity contribution in [3.8, 4) is 11.5 Å². The molecule has 0 radical (unpaired) electrons. The van der Waals surface area contributed by atoms with Crippen LogP contribution in [0.4, 0.5) is 0 Å². The molecular weight excluding hydrogens is 372 g/mol. The van der Waals surface area contributed by atoms with Gasteiger partial charge in [-0.05, 0) is 38.0 Å². The summed E-state index contributed by atoms with van der Waals surface area (Å²) in [5, 5.41) is 11.7. The lowest BCUT2D eigenvalue weighted by Crippen LogP contribution is -2.39. The van der Waals surface area contributed by atoms with Gasteiger partial charge in [0.2, 0.25) is 6.79 Å². The summed E-state index contributed by atoms with van der Waals surface area (Å²) in [5.41, 5.74) is 1.12. The van der Waals surface area contributed by atoms with Crippen LogP contribution in [0.5, 0.6) is 11.5 Å². The van der Waals surface area contributed by atoms with Gasteiger partial charge in [0, 0.05) is 40.4 Å². The molecule has 9 heteroatoms. The van der Waals surface area contributed by atoms with Gasteiger partial charge in [0.25, 0.3) is 0 Å². The number of hydrogen-bond acceptors (Lipinski definition) is 6. The first-order valence-corrected chi connectivity index (χ1v) is 9.89. The van der Waals surface area contributed by atoms with E-state index in [0.717, 1.165) is 60.9 Å². The summed E-state index contributed by atoms with van der Waals surface area (Å²) < 4.78 is 18.3. The number of aliphatic imine (C=N–C) groups is 1. The van der Waals surface area contributed by atoms with Crippen molar-refractivity contribution < 1.29 is 14.2 Å². The van der Waals surface area contributed by atoms with Crippen molar-refractivity contribution in [3.05, 3.63) is 35.4 Å². The number of nitrogens with one attached hydrogen (secondary N) is 1. The van der Waals surface area contributed by atoms with Crippen LogP contribution in [0, 0.1) is 6.92 Å². The standard InChI is InChI=1S/C20H30N6O3/c1-5-27-10-6-9-21-20(22-12-19-24-23-15(2)26(19)4)25(3)13-16-7-8-17-18(11-16)29-14-28-17/h7-8,11H,5-6,9-10,12-14H2,1-4H3,(H,21,22). The van der Waals surface area contributed by atoms with Crippen molar-refractivity contribution in [2.45, 2.75) is 33.4 Å². The van der Waals surface area contributed by atoms with Crippen LogP contribution in [0.25, 0.3) is 0 Å². The zero-order valence-corrected chi connectivity index (χ0v) is 17.6. The van der Waals surface area contributed by atoms with E-state index in [1.54, 1.807) is 0 Å². The SMILES string of the molecule is CCOCCCNC(=NCc1nnc(C)n1C)N(C)Cc1ccc2c(c1)OCO2. The molecule has 0 saturated heterocycles. The van der Waals surface area contributed by atoms with Crippen LogP contribution in [-0.2, 0) is 24.9 Å². The highest BCUT2D eigenvalue weighted by molar-refractivity contribution is 5.79. The molecule has 0 atom stereocenters. The van der Waals surface area contributed by atoms with E-state index in [2.05, 4.69) is 20.4 Å². The minimum absolute atomic E-state index is 0.278. The van der Waals surface area contributed by atoms with E-state index in [9.17, 15) is 0 Å². The number of rotatable bonds is 9. The fourth-order valence-electron chi connectivity index (χ4n) is 2.95. The lowest BCUT2D eigenvalue weighted by molar-refractivity contribution is 0.145. The number of ether oxygens (including phenoxy) is 3. The number of fused-ring (bicyclic) bond motifs is 1. The summed E-state index contributed by atoms with van der Waals surface area (Å²) in [4.78, 5) is 6.85. The summed E-state index contributed by atoms with van der Waals surface area (Å²) >= 11 is 0. The molecule has 1 aliphatic rings. The Balaban J connectivity index is 1.66. The Kier molecular flexibility index (Phi) is 7.29. The van der Waals surface area contributed by atoms with Crippen LogP contribution in [0.2, 0.25) is 0 Å². The fraction of sp³-hybridized carbons (Fsp3) is 0.550. The Hall–Kier alpha value is -2.81. The Morgan fingerprint density at radius 1 is 1.31 bits per heavy atom. The van der Waals surface area contributed by atoms with Crippen molar-refractivity contribution in [3.63, 3.8) is 0 Å². The van der Waals surface area contributed by atoms with E-state index in [-0.39, 0.29) is 6.79 Å². The highest BCUT2D eigenvalue weighted by Gasteiger charge is 2.15. The molecule has 0 fully saturated rings. The van der Waals surface area contributed by atoms with Crippen LogP contribution in [0.3, 0.4) is 0 Å². The molecule has 1 aromatic carbocycles. The summed E-state index contributed by atoms with van der Waals surface area (Å²) in [6, 6.07) is 6.00. The average Bonchev–Trinajstić information content (AvgIpc) is 3.30. The molecule has 0 unspecified atom stereocenters. The van der Waals surface area contributed by atoms with Crippen LogP contribution in [-0.4, -0.2) is 59.2 Å². The lowest BCUT2D eigenvalue weighted by Gasteiger charge is -2.23. The Morgan fingerprint density at radius 2 is 2.14 bits per heavy atom. The van der Waals surface area contributed by atoms with Crippen LogP contribution < -0.4 is 14.8 Å². The third-order valence-electron chi connectivity index (χ3n) is 4.72. The van der Waals surface area contributed by atoms with E-state index >= 15 is 0 Å². The molecule has 9 nitrogen and oxygen atoms in total. The molecule has 158 valence electrons. The number of hydrogen-bond donors (Lipinski definition) is 1. The van der Waals surface area contributed by atoms with Gasteiger partial charge in [-0.15, -0.1) is 10.2 Å². The molecular formula is C20H30N6O3. The molecule has 0 spiro atoms. The van der Waals surface area contributed by atoms with Gasteiger partial charge in [0.1, 0.15) is 12.4 Å². The smallest absolute Gasteiger partial charge is 0.231 e. The first kappa shape index (κ1) is 20.9. The minimum atomic E-state index is 0.278. The second-order valence-electron chi connectivity index (χ2n) is 6.88. The number of aromatic nitrogens is 3. The summed E-state index contributed by atoms with van der Waals surface area (Å²) in [7, 11) is 3.96. The predicted molar refractivity (Wildman–Crippen MR) is 110 cm³/mol. The van der Waals surface area contributed by atoms with Crippen molar-refractivity contribution in [2.75, 3.05) is 33.6 Å². The monoisotopic (exact) mass is 402 g/mol. The molecule has 0 amide bonds. The second kappa shape index (κ2) is 10.1. The number of benzene rings is 1. The van der Waals surface area contributed by atoms with E-state index in [0.29, 0.717) is 13.1 Å². The maximum atomic E-state index is 5.49. The molecule has 29 heavy (non-hydrogen) atoms. The quantitative estimate of drug-likeness (QED) is 0.389. The van der Waals surface area contributed by atoms with Gasteiger partial charge < -0.3 is 29.0 Å². The lowest BCUT2D eigenvalue weighted by atomic mass is 10.2. The third kappa shape index (κ3) is 5.60. The van der Waals surface area contributed by atoms with Gasteiger partial charge in [-0.25, -0.2) is 4.99 Å². The first-order chi connectivity index (χ1) is 14.1. The van der Waals surface area contributed by atoms with Gasteiger partial charge in [-0.2, -0.15) is 0 Å². The van der Waals surface area contributed by atoms with Gasteiger partial charge in [-0.1, -0.05) is 6.07 Å². The number of nitrogens with zero attached hydrogens (tertiary/aromatic N) is 5. The van der Waals surface area contributed by atoms with Crippen LogP contribution >= 0.6 is 0 Å². The fourth-order valence-corrected chi connectivity index (χ4v) is 2.95. The topological polar surface area (TPSA) is 86.0 Å². The van der Waals surface area contributed by atoms with Crippen molar-refractivity contribution in [1.29, 1.82) is 0 Å². The van der Waals surface area contributed by atoms with E-state index in [1.807, 2.05) is 50.7 Å². The Labute approximate surface area is 171 Å². The predicted octanol–water partition coefficient (Wildman–Crippen LogP) is 1.86. The molecule has 1 aliphatic heterocycles. The third-order valence-corrected chi connectivity index (χ3v) is 4.72. The van der Waals surface area contributed by atoms with Crippen LogP contribution in [0.1, 0.15) is 30.6 Å². The molecule has 2 aromatic rings. The molecule has 0 saturated carbocycles. The van der Waals surface area contributed by atoms with E-state index in [1.165, 1.54) is 0 Å². The molecule has 1 aromatic heterocycles. The van der Waals surface area contributed by atoms with Gasteiger partial charge in [0.05, 0.1) is 0 Å². The summed E-state index contributed by atoms with van der Waals surface area (Å²) in [5.74, 6) is 4.08. The molecule has 1 N–H and O–H groups in total. The summed E-state index contributed by atoms with van der Waals surface area (Å²) in [6.45, 7) is 7.59. The van der Waals surface area contributed by atoms with Crippen molar-refractivity contribution in [1.82, 2.24) is 25.0 Å². The van der Waals surface area contributed by atoms with E-state index in [4.69, 9.17) is 19.2 Å².